The van der Waals surface area contributed by atoms with Crippen molar-refractivity contribution in [2.75, 3.05) is 24.6 Å². The molecule has 21 heavy (non-hydrogen) atoms. The first-order valence-electron chi connectivity index (χ1n) is 6.70. The average Bonchev–Trinajstić information content (AvgIpc) is 2.59. The Kier molecular flexibility index (Phi) is 6.19. The molecule has 0 aromatic heterocycles. The number of hydrogen-bond acceptors (Lipinski definition) is 4. The van der Waals surface area contributed by atoms with Crippen molar-refractivity contribution in [1.29, 1.82) is 0 Å². The highest BCUT2D eigenvalue weighted by Crippen LogP contribution is 2.16. The van der Waals surface area contributed by atoms with Crippen molar-refractivity contribution < 1.29 is 13.2 Å². The van der Waals surface area contributed by atoms with E-state index in [1.54, 1.807) is 4.90 Å². The predicted octanol–water partition coefficient (Wildman–Crippen LogP) is 1.06. The molecule has 1 saturated heterocycles. The predicted molar refractivity (Wildman–Crippen MR) is 85.2 cm³/mol. The number of amides is 1. The van der Waals surface area contributed by atoms with Gasteiger partial charge in [-0.2, -0.15) is 0 Å². The molecule has 118 valence electrons. The number of rotatable bonds is 2. The zero-order chi connectivity index (χ0) is 14.8. The van der Waals surface area contributed by atoms with Crippen molar-refractivity contribution >= 4 is 28.2 Å². The Labute approximate surface area is 131 Å². The summed E-state index contributed by atoms with van der Waals surface area (Å²) in [6.45, 7) is 2.66. The molecule has 7 heteroatoms. The van der Waals surface area contributed by atoms with Crippen LogP contribution in [0.3, 0.4) is 0 Å². The molecular weight excluding hydrogens is 312 g/mol. The van der Waals surface area contributed by atoms with Gasteiger partial charge in [0.15, 0.2) is 9.84 Å². The first kappa shape index (κ1) is 17.9. The number of benzene rings is 1. The molecule has 2 N–H and O–H groups in total. The Morgan fingerprint density at radius 3 is 2.43 bits per heavy atom. The molecule has 1 unspecified atom stereocenters. The Morgan fingerprint density at radius 1 is 1.19 bits per heavy atom. The highest BCUT2D eigenvalue weighted by Gasteiger charge is 2.26. The summed E-state index contributed by atoms with van der Waals surface area (Å²) in [5, 5.41) is 0. The molecule has 0 bridgehead atoms. The number of carbonyl (C=O) groups excluding carboxylic acids is 1. The number of nitrogens with zero attached hydrogens (tertiary/aromatic N) is 1. The van der Waals surface area contributed by atoms with Crippen molar-refractivity contribution in [3.63, 3.8) is 0 Å². The Balaban J connectivity index is 0.00000220. The van der Waals surface area contributed by atoms with Crippen LogP contribution >= 0.6 is 12.4 Å². The first-order chi connectivity index (χ1) is 9.39. The molecule has 1 heterocycles. The van der Waals surface area contributed by atoms with Crippen molar-refractivity contribution in [1.82, 2.24) is 4.90 Å². The van der Waals surface area contributed by atoms with Crippen LogP contribution in [0.15, 0.2) is 24.3 Å². The standard InChI is InChI=1S/C14H20N2O3S.ClH/c1-11-3-5-12(6-4-11)13(15)14(17)16-7-2-9-20(18,19)10-8-16;/h3-6,13H,2,7-10,15H2,1H3;1H. The molecule has 0 radical (unpaired) electrons. The molecule has 5 nitrogen and oxygen atoms in total. The number of carbonyl (C=O) groups is 1. The van der Waals surface area contributed by atoms with Crippen LogP contribution < -0.4 is 5.73 Å². The van der Waals surface area contributed by atoms with E-state index in [2.05, 4.69) is 0 Å². The lowest BCUT2D eigenvalue weighted by molar-refractivity contribution is -0.132. The van der Waals surface area contributed by atoms with E-state index in [0.29, 0.717) is 13.0 Å². The second kappa shape index (κ2) is 7.24. The molecule has 1 amide bonds. The van der Waals surface area contributed by atoms with Crippen LogP contribution in [0.2, 0.25) is 0 Å². The van der Waals surface area contributed by atoms with Gasteiger partial charge in [-0.15, -0.1) is 12.4 Å². The fraction of sp³-hybridized carbons (Fsp3) is 0.500. The van der Waals surface area contributed by atoms with Gasteiger partial charge in [0.1, 0.15) is 6.04 Å². The first-order valence-corrected chi connectivity index (χ1v) is 8.52. The number of sulfone groups is 1. The normalized spacial score (nSPS) is 19.2. The minimum absolute atomic E-state index is 0. The second-order valence-electron chi connectivity index (χ2n) is 5.22. The van der Waals surface area contributed by atoms with E-state index in [1.165, 1.54) is 0 Å². The maximum atomic E-state index is 12.4. The van der Waals surface area contributed by atoms with Crippen LogP contribution in [0.4, 0.5) is 0 Å². The van der Waals surface area contributed by atoms with Gasteiger partial charge in [-0.05, 0) is 18.9 Å². The van der Waals surface area contributed by atoms with Gasteiger partial charge >= 0.3 is 0 Å². The number of halogens is 1. The van der Waals surface area contributed by atoms with Crippen LogP contribution in [-0.4, -0.2) is 43.8 Å². The third-order valence-electron chi connectivity index (χ3n) is 3.57. The highest BCUT2D eigenvalue weighted by atomic mass is 35.5. The smallest absolute Gasteiger partial charge is 0.244 e. The Morgan fingerprint density at radius 2 is 1.81 bits per heavy atom. The van der Waals surface area contributed by atoms with Crippen LogP contribution in [0, 0.1) is 6.92 Å². The van der Waals surface area contributed by atoms with Crippen LogP contribution in [0.5, 0.6) is 0 Å². The quantitative estimate of drug-likeness (QED) is 0.878. The SMILES string of the molecule is Cc1ccc(C(N)C(=O)N2CCCS(=O)(=O)CC2)cc1.Cl. The van der Waals surface area contributed by atoms with Gasteiger partial charge in [0.2, 0.25) is 5.91 Å². The lowest BCUT2D eigenvalue weighted by Crippen LogP contribution is -2.40. The number of aryl methyl sites for hydroxylation is 1. The highest BCUT2D eigenvalue weighted by molar-refractivity contribution is 7.91. The molecule has 1 aromatic rings. The second-order valence-corrected chi connectivity index (χ2v) is 7.52. The number of nitrogens with two attached hydrogens (primary N) is 1. The summed E-state index contributed by atoms with van der Waals surface area (Å²) < 4.78 is 23.1. The van der Waals surface area contributed by atoms with Gasteiger partial charge in [0, 0.05) is 13.1 Å². The molecule has 1 aliphatic heterocycles. The van der Waals surface area contributed by atoms with Gasteiger partial charge in [-0.3, -0.25) is 4.79 Å². The van der Waals surface area contributed by atoms with Gasteiger partial charge in [0.25, 0.3) is 0 Å². The average molecular weight is 333 g/mol. The molecule has 1 fully saturated rings. The Hall–Kier alpha value is -1.11. The van der Waals surface area contributed by atoms with E-state index >= 15 is 0 Å². The Bertz CT molecular complexity index is 587. The minimum Gasteiger partial charge on any atom is -0.340 e. The lowest BCUT2D eigenvalue weighted by atomic mass is 10.0. The van der Waals surface area contributed by atoms with Crippen molar-refractivity contribution in [2.24, 2.45) is 5.73 Å². The fourth-order valence-corrected chi connectivity index (χ4v) is 3.54. The molecular formula is C14H21ClN2O3S. The van der Waals surface area contributed by atoms with Crippen LogP contribution in [0.1, 0.15) is 23.6 Å². The van der Waals surface area contributed by atoms with Crippen molar-refractivity contribution in [3.8, 4) is 0 Å². The molecule has 0 spiro atoms. The maximum Gasteiger partial charge on any atom is 0.244 e. The molecule has 1 atom stereocenters. The molecule has 2 rings (SSSR count). The molecule has 1 aromatic carbocycles. The monoisotopic (exact) mass is 332 g/mol. The zero-order valence-electron chi connectivity index (χ0n) is 12.0. The van der Waals surface area contributed by atoms with E-state index in [0.717, 1.165) is 11.1 Å². The van der Waals surface area contributed by atoms with Gasteiger partial charge in [-0.1, -0.05) is 29.8 Å². The zero-order valence-corrected chi connectivity index (χ0v) is 13.6. The molecule has 1 aliphatic rings. The summed E-state index contributed by atoms with van der Waals surface area (Å²) >= 11 is 0. The van der Waals surface area contributed by atoms with Crippen LogP contribution in [-0.2, 0) is 14.6 Å². The summed E-state index contributed by atoms with van der Waals surface area (Å²) in [5.74, 6) is -0.0263. The van der Waals surface area contributed by atoms with Gasteiger partial charge in [-0.25, -0.2) is 8.42 Å². The number of hydrogen-bond donors (Lipinski definition) is 1. The summed E-state index contributed by atoms with van der Waals surface area (Å²) in [6, 6.07) is 6.78. The van der Waals surface area contributed by atoms with E-state index < -0.39 is 15.9 Å². The topological polar surface area (TPSA) is 80.5 Å². The van der Waals surface area contributed by atoms with Gasteiger partial charge in [0.05, 0.1) is 11.5 Å². The van der Waals surface area contributed by atoms with Gasteiger partial charge < -0.3 is 10.6 Å². The van der Waals surface area contributed by atoms with Crippen LogP contribution in [0.25, 0.3) is 0 Å². The van der Waals surface area contributed by atoms with Crippen molar-refractivity contribution in [2.45, 2.75) is 19.4 Å². The lowest BCUT2D eigenvalue weighted by Gasteiger charge is -2.23. The van der Waals surface area contributed by atoms with E-state index in [9.17, 15) is 13.2 Å². The maximum absolute atomic E-state index is 12.4. The third kappa shape index (κ3) is 4.69. The van der Waals surface area contributed by atoms with E-state index in [4.69, 9.17) is 5.73 Å². The molecule has 0 saturated carbocycles. The third-order valence-corrected chi connectivity index (χ3v) is 5.29. The van der Waals surface area contributed by atoms with Crippen molar-refractivity contribution in [3.05, 3.63) is 35.4 Å². The fourth-order valence-electron chi connectivity index (χ4n) is 2.27. The summed E-state index contributed by atoms with van der Waals surface area (Å²) in [5.41, 5.74) is 7.86. The summed E-state index contributed by atoms with van der Waals surface area (Å²) in [7, 11) is -3.02. The van der Waals surface area contributed by atoms with E-state index in [1.807, 2.05) is 31.2 Å². The molecule has 0 aliphatic carbocycles. The van der Waals surface area contributed by atoms with E-state index in [-0.39, 0.29) is 36.4 Å². The summed E-state index contributed by atoms with van der Waals surface area (Å²) in [6.07, 6.45) is 0.481. The summed E-state index contributed by atoms with van der Waals surface area (Å²) in [4.78, 5) is 13.9. The minimum atomic E-state index is -3.02. The largest absolute Gasteiger partial charge is 0.340 e.